The van der Waals surface area contributed by atoms with Crippen molar-refractivity contribution >= 4 is 33.8 Å². The van der Waals surface area contributed by atoms with Crippen molar-refractivity contribution in [3.63, 3.8) is 0 Å². The Hall–Kier alpha value is -1.26. The van der Waals surface area contributed by atoms with E-state index in [1.807, 2.05) is 12.4 Å². The summed E-state index contributed by atoms with van der Waals surface area (Å²) in [6, 6.07) is 0. The van der Waals surface area contributed by atoms with Gasteiger partial charge in [-0.1, -0.05) is 26.0 Å². The van der Waals surface area contributed by atoms with Gasteiger partial charge in [-0.2, -0.15) is 0 Å². The molecule has 0 bridgehead atoms. The number of allylic oxidation sites excluding steroid dienone is 4. The summed E-state index contributed by atoms with van der Waals surface area (Å²) in [7, 11) is 0. The van der Waals surface area contributed by atoms with Crippen LogP contribution in [0.2, 0.25) is 0 Å². The average molecular weight is 298 g/mol. The van der Waals surface area contributed by atoms with E-state index in [0.29, 0.717) is 17.3 Å². The Balaban J connectivity index is 1.64. The summed E-state index contributed by atoms with van der Waals surface area (Å²) >= 11 is 3.53. The van der Waals surface area contributed by atoms with Crippen LogP contribution in [0.5, 0.6) is 0 Å². The van der Waals surface area contributed by atoms with Crippen molar-refractivity contribution in [2.75, 3.05) is 0 Å². The molecule has 0 N–H and O–H groups in total. The normalized spacial score (nSPS) is 40.5. The monoisotopic (exact) mass is 298 g/mol. The van der Waals surface area contributed by atoms with Gasteiger partial charge in [0.2, 0.25) is 0 Å². The third-order valence-corrected chi connectivity index (χ3v) is 7.26. The van der Waals surface area contributed by atoms with Crippen molar-refractivity contribution in [2.45, 2.75) is 13.8 Å². The molecule has 100 valence electrons. The minimum absolute atomic E-state index is 0.171. The molecule has 1 fully saturated rings. The second-order valence-corrected chi connectivity index (χ2v) is 8.18. The fourth-order valence-electron chi connectivity index (χ4n) is 4.49. The highest BCUT2D eigenvalue weighted by molar-refractivity contribution is 7.11. The van der Waals surface area contributed by atoms with Crippen LogP contribution in [0.3, 0.4) is 0 Å². The van der Waals surface area contributed by atoms with Crippen LogP contribution >= 0.6 is 22.7 Å². The predicted octanol–water partition coefficient (Wildman–Crippen LogP) is 4.35. The molecule has 0 radical (unpaired) electrons. The summed E-state index contributed by atoms with van der Waals surface area (Å²) < 4.78 is 0. The Labute approximate surface area is 125 Å². The molecule has 4 heteroatoms. The third kappa shape index (κ3) is 1.09. The Morgan fingerprint density at radius 1 is 0.900 bits per heavy atom. The van der Waals surface area contributed by atoms with E-state index in [0.717, 1.165) is 0 Å². The summed E-state index contributed by atoms with van der Waals surface area (Å²) in [5.74, 6) is 1.28. The van der Waals surface area contributed by atoms with E-state index in [9.17, 15) is 0 Å². The van der Waals surface area contributed by atoms with Crippen molar-refractivity contribution < 1.29 is 0 Å². The van der Waals surface area contributed by atoms with Gasteiger partial charge in [-0.3, -0.25) is 0 Å². The smallest absolute Gasteiger partial charge is 0.119 e. The van der Waals surface area contributed by atoms with E-state index in [2.05, 4.69) is 46.7 Å². The maximum absolute atomic E-state index is 4.54. The molecule has 0 saturated heterocycles. The van der Waals surface area contributed by atoms with Crippen LogP contribution in [0.15, 0.2) is 35.3 Å². The zero-order valence-corrected chi connectivity index (χ0v) is 13.0. The van der Waals surface area contributed by atoms with E-state index >= 15 is 0 Å². The van der Waals surface area contributed by atoms with E-state index in [4.69, 9.17) is 0 Å². The van der Waals surface area contributed by atoms with Crippen LogP contribution < -0.4 is 0 Å². The van der Waals surface area contributed by atoms with Crippen molar-refractivity contribution in [1.82, 2.24) is 9.97 Å². The molecule has 5 rings (SSSR count). The summed E-state index contributed by atoms with van der Waals surface area (Å²) in [4.78, 5) is 9.07. The molecule has 2 heterocycles. The first-order valence-corrected chi connectivity index (χ1v) is 8.66. The maximum atomic E-state index is 4.54. The molecule has 3 aliphatic rings. The van der Waals surface area contributed by atoms with Gasteiger partial charge in [0.15, 0.2) is 0 Å². The van der Waals surface area contributed by atoms with Gasteiger partial charge >= 0.3 is 0 Å². The van der Waals surface area contributed by atoms with Crippen LogP contribution in [0.1, 0.15) is 23.9 Å². The van der Waals surface area contributed by atoms with E-state index in [-0.39, 0.29) is 5.41 Å². The van der Waals surface area contributed by atoms with Gasteiger partial charge in [-0.15, -0.1) is 22.7 Å². The molecule has 4 atom stereocenters. The Morgan fingerprint density at radius 3 is 1.75 bits per heavy atom. The van der Waals surface area contributed by atoms with Gasteiger partial charge in [0.25, 0.3) is 0 Å². The summed E-state index contributed by atoms with van der Waals surface area (Å²) in [6.45, 7) is 4.82. The predicted molar refractivity (Wildman–Crippen MR) is 83.4 cm³/mol. The zero-order chi connectivity index (χ0) is 13.5. The van der Waals surface area contributed by atoms with Gasteiger partial charge in [-0.05, 0) is 16.6 Å². The Kier molecular flexibility index (Phi) is 1.89. The molecule has 1 saturated carbocycles. The summed E-state index contributed by atoms with van der Waals surface area (Å²) in [6.07, 6.45) is 8.76. The molecule has 2 nitrogen and oxygen atoms in total. The second-order valence-electron chi connectivity index (χ2n) is 6.39. The summed E-state index contributed by atoms with van der Waals surface area (Å²) in [5.41, 5.74) is 3.47. The SMILES string of the molecule is CC12C=C(c3nccs3)[C@@H]3[C@H](C(c4nccs4)=C1)C32C. The van der Waals surface area contributed by atoms with Crippen LogP contribution in [-0.4, -0.2) is 9.97 Å². The molecule has 2 unspecified atom stereocenters. The molecular weight excluding hydrogens is 284 g/mol. The number of hydrogen-bond acceptors (Lipinski definition) is 4. The van der Waals surface area contributed by atoms with Crippen LogP contribution in [0, 0.1) is 22.7 Å². The molecule has 3 aliphatic carbocycles. The van der Waals surface area contributed by atoms with Crippen molar-refractivity contribution in [1.29, 1.82) is 0 Å². The minimum atomic E-state index is 0.171. The fraction of sp³-hybridized carbons (Fsp3) is 0.375. The lowest BCUT2D eigenvalue weighted by molar-refractivity contribution is 0.333. The van der Waals surface area contributed by atoms with Crippen LogP contribution in [0.25, 0.3) is 11.1 Å². The molecule has 0 aliphatic heterocycles. The van der Waals surface area contributed by atoms with E-state index in [1.54, 1.807) is 22.7 Å². The highest BCUT2D eigenvalue weighted by Gasteiger charge is 2.77. The number of rotatable bonds is 2. The first-order valence-electron chi connectivity index (χ1n) is 6.90. The highest BCUT2D eigenvalue weighted by atomic mass is 32.1. The van der Waals surface area contributed by atoms with E-state index < -0.39 is 0 Å². The van der Waals surface area contributed by atoms with Crippen molar-refractivity contribution in [2.24, 2.45) is 22.7 Å². The Morgan fingerprint density at radius 2 is 1.40 bits per heavy atom. The number of nitrogens with zero attached hydrogens (tertiary/aromatic N) is 2. The molecule has 0 aromatic carbocycles. The first-order chi connectivity index (χ1) is 9.65. The molecule has 2 aromatic rings. The number of aromatic nitrogens is 2. The quantitative estimate of drug-likeness (QED) is 0.823. The van der Waals surface area contributed by atoms with Crippen LogP contribution in [-0.2, 0) is 0 Å². The van der Waals surface area contributed by atoms with Gasteiger partial charge in [0.05, 0.1) is 0 Å². The molecular formula is C16H14N2S2. The topological polar surface area (TPSA) is 25.8 Å². The average Bonchev–Trinajstić information content (AvgIpc) is 2.95. The van der Waals surface area contributed by atoms with Gasteiger partial charge < -0.3 is 0 Å². The lowest BCUT2D eigenvalue weighted by Gasteiger charge is -2.24. The van der Waals surface area contributed by atoms with Crippen molar-refractivity contribution in [3.05, 3.63) is 45.3 Å². The maximum Gasteiger partial charge on any atom is 0.119 e. The van der Waals surface area contributed by atoms with Crippen LogP contribution in [0.4, 0.5) is 0 Å². The standard InChI is InChI=1S/C16H14N2S2/c1-15-7-9(13-17-3-5-19-13)11-12(16(11,15)2)10(8-15)14-18-4-6-20-14/h3-8,11-12H,1-2H3/t11-,12+,15?,16?. The number of hydrogen-bond donors (Lipinski definition) is 0. The van der Waals surface area contributed by atoms with Gasteiger partial charge in [-0.25, -0.2) is 9.97 Å². The first kappa shape index (κ1) is 11.4. The Bertz CT molecular complexity index is 694. The molecule has 0 amide bonds. The fourth-order valence-corrected chi connectivity index (χ4v) is 5.88. The largest absolute Gasteiger partial charge is 0.245 e. The lowest BCUT2D eigenvalue weighted by atomic mass is 9.79. The number of thiazole rings is 2. The molecule has 2 aromatic heterocycles. The molecule has 0 spiro atoms. The zero-order valence-electron chi connectivity index (χ0n) is 11.3. The van der Waals surface area contributed by atoms with Gasteiger partial charge in [0.1, 0.15) is 10.0 Å². The second kappa shape index (κ2) is 3.31. The van der Waals surface area contributed by atoms with E-state index in [1.165, 1.54) is 21.2 Å². The molecule has 20 heavy (non-hydrogen) atoms. The summed E-state index contributed by atoms with van der Waals surface area (Å²) in [5, 5.41) is 6.57. The number of fused-ring (bicyclic) bond motifs is 1. The lowest BCUT2D eigenvalue weighted by Crippen LogP contribution is -2.18. The van der Waals surface area contributed by atoms with Crippen molar-refractivity contribution in [3.8, 4) is 0 Å². The minimum Gasteiger partial charge on any atom is -0.245 e. The van der Waals surface area contributed by atoms with Gasteiger partial charge in [0, 0.05) is 40.4 Å². The highest BCUT2D eigenvalue weighted by Crippen LogP contribution is 2.84. The third-order valence-electron chi connectivity index (χ3n) is 5.62.